The molecule has 0 bridgehead atoms. The van der Waals surface area contributed by atoms with Gasteiger partial charge in [0, 0.05) is 5.69 Å². The number of aromatic nitrogens is 1. The first-order chi connectivity index (χ1) is 9.82. The number of nitrogens with zero attached hydrogens (tertiary/aromatic N) is 2. The van der Waals surface area contributed by atoms with Crippen LogP contribution >= 0.6 is 0 Å². The second-order valence-electron chi connectivity index (χ2n) is 4.67. The minimum Gasteiger partial charge on any atom is -0.405 e. The summed E-state index contributed by atoms with van der Waals surface area (Å²) < 4.78 is 43.6. The third kappa shape index (κ3) is 3.31. The first kappa shape index (κ1) is 15.3. The average molecular weight is 299 g/mol. The van der Waals surface area contributed by atoms with E-state index in [1.54, 1.807) is 0 Å². The number of nitrogens with one attached hydrogen (secondary N) is 1. The summed E-state index contributed by atoms with van der Waals surface area (Å²) >= 11 is 0. The Morgan fingerprint density at radius 1 is 1.57 bits per heavy atom. The summed E-state index contributed by atoms with van der Waals surface area (Å²) in [5.74, 6) is -1.32. The molecule has 1 aromatic rings. The highest BCUT2D eigenvalue weighted by Gasteiger charge is 2.37. The summed E-state index contributed by atoms with van der Waals surface area (Å²) in [4.78, 5) is 15.6. The molecule has 2 heterocycles. The van der Waals surface area contributed by atoms with Gasteiger partial charge < -0.3 is 10.1 Å². The molecule has 1 saturated heterocycles. The number of halogens is 3. The molecule has 1 aliphatic heterocycles. The van der Waals surface area contributed by atoms with Gasteiger partial charge in [0.2, 0.25) is 5.88 Å². The van der Waals surface area contributed by atoms with Crippen LogP contribution in [-0.2, 0) is 11.0 Å². The summed E-state index contributed by atoms with van der Waals surface area (Å²) in [6.45, 7) is 1.97. The number of ether oxygens (including phenoxy) is 1. The molecule has 5 nitrogen and oxygen atoms in total. The molecule has 0 saturated carbocycles. The van der Waals surface area contributed by atoms with Crippen molar-refractivity contribution in [3.8, 4) is 11.9 Å². The van der Waals surface area contributed by atoms with Gasteiger partial charge >= 0.3 is 12.1 Å². The van der Waals surface area contributed by atoms with E-state index in [0.29, 0.717) is 13.0 Å². The molecule has 1 aliphatic rings. The maximum atomic E-state index is 12.9. The molecule has 1 N–H and O–H groups in total. The largest absolute Gasteiger partial charge is 0.417 e. The van der Waals surface area contributed by atoms with Gasteiger partial charge in [-0.05, 0) is 32.4 Å². The number of nitriles is 1. The molecular weight excluding hydrogens is 287 g/mol. The molecular formula is C13H12F3N3O2. The molecule has 0 radical (unpaired) electrons. The van der Waals surface area contributed by atoms with Crippen molar-refractivity contribution in [2.45, 2.75) is 32.0 Å². The summed E-state index contributed by atoms with van der Waals surface area (Å²) in [6.07, 6.45) is -3.40. The van der Waals surface area contributed by atoms with E-state index in [9.17, 15) is 18.0 Å². The van der Waals surface area contributed by atoms with Crippen LogP contribution in [-0.4, -0.2) is 23.5 Å². The average Bonchev–Trinajstić information content (AvgIpc) is 2.91. The lowest BCUT2D eigenvalue weighted by atomic mass is 10.1. The zero-order chi connectivity index (χ0) is 15.6. The lowest BCUT2D eigenvalue weighted by Crippen LogP contribution is -2.34. The molecule has 1 fully saturated rings. The third-order valence-corrected chi connectivity index (χ3v) is 3.07. The van der Waals surface area contributed by atoms with Crippen LogP contribution in [0.3, 0.4) is 0 Å². The van der Waals surface area contributed by atoms with Crippen LogP contribution in [0.5, 0.6) is 5.88 Å². The normalized spacial score (nSPS) is 18.3. The summed E-state index contributed by atoms with van der Waals surface area (Å²) in [6, 6.07) is 1.59. The number of carbonyl (C=O) groups excluding carboxylic acids is 1. The van der Waals surface area contributed by atoms with Gasteiger partial charge in [0.1, 0.15) is 17.7 Å². The molecule has 0 aromatic carbocycles. The van der Waals surface area contributed by atoms with E-state index < -0.39 is 35.2 Å². The predicted molar refractivity (Wildman–Crippen MR) is 65.4 cm³/mol. The molecule has 1 atom stereocenters. The lowest BCUT2D eigenvalue weighted by molar-refractivity contribution is -0.140. The van der Waals surface area contributed by atoms with Gasteiger partial charge in [-0.2, -0.15) is 18.4 Å². The van der Waals surface area contributed by atoms with Crippen LogP contribution in [0.2, 0.25) is 0 Å². The maximum Gasteiger partial charge on any atom is 0.417 e. The minimum atomic E-state index is -4.72. The number of esters is 1. The van der Waals surface area contributed by atoms with Crippen molar-refractivity contribution in [3.63, 3.8) is 0 Å². The molecule has 112 valence electrons. The number of rotatable bonds is 2. The van der Waals surface area contributed by atoms with Gasteiger partial charge in [-0.15, -0.1) is 0 Å². The summed E-state index contributed by atoms with van der Waals surface area (Å²) in [5, 5.41) is 11.8. The van der Waals surface area contributed by atoms with E-state index in [2.05, 4.69) is 10.3 Å². The number of pyridine rings is 1. The Hall–Kier alpha value is -2.14. The second kappa shape index (κ2) is 5.69. The van der Waals surface area contributed by atoms with Crippen molar-refractivity contribution in [1.82, 2.24) is 10.3 Å². The molecule has 0 unspecified atom stereocenters. The van der Waals surface area contributed by atoms with Gasteiger partial charge in [0.15, 0.2) is 0 Å². The Balaban J connectivity index is 2.37. The van der Waals surface area contributed by atoms with E-state index in [1.165, 1.54) is 13.0 Å². The lowest BCUT2D eigenvalue weighted by Gasteiger charge is -2.14. The molecule has 21 heavy (non-hydrogen) atoms. The second-order valence-corrected chi connectivity index (χ2v) is 4.67. The fourth-order valence-corrected chi connectivity index (χ4v) is 2.10. The Kier molecular flexibility index (Phi) is 4.14. The Morgan fingerprint density at radius 3 is 2.81 bits per heavy atom. The van der Waals surface area contributed by atoms with Gasteiger partial charge in [-0.1, -0.05) is 0 Å². The highest BCUT2D eigenvalue weighted by molar-refractivity contribution is 5.78. The van der Waals surface area contributed by atoms with E-state index in [1.807, 2.05) is 0 Å². The van der Waals surface area contributed by atoms with Crippen molar-refractivity contribution in [1.29, 1.82) is 5.26 Å². The number of carbonyl (C=O) groups is 1. The van der Waals surface area contributed by atoms with Gasteiger partial charge in [0.25, 0.3) is 0 Å². The topological polar surface area (TPSA) is 75.0 Å². The van der Waals surface area contributed by atoms with E-state index in [4.69, 9.17) is 10.00 Å². The molecule has 1 aromatic heterocycles. The first-order valence-electron chi connectivity index (χ1n) is 6.27. The smallest absolute Gasteiger partial charge is 0.405 e. The van der Waals surface area contributed by atoms with Crippen molar-refractivity contribution in [2.75, 3.05) is 6.54 Å². The Bertz CT molecular complexity index is 602. The zero-order valence-corrected chi connectivity index (χ0v) is 11.1. The van der Waals surface area contributed by atoms with Crippen molar-refractivity contribution >= 4 is 5.97 Å². The fraction of sp³-hybridized carbons (Fsp3) is 0.462. The standard InChI is InChI=1S/C13H12F3N3O2/c1-7-5-9(13(14,15)16)8(6-17)11(19-7)21-12(20)10-3-2-4-18-10/h5,10,18H,2-4H2,1H3/t10-/m0/s1. The van der Waals surface area contributed by atoms with Crippen LogP contribution < -0.4 is 10.1 Å². The molecule has 0 aliphatic carbocycles. The van der Waals surface area contributed by atoms with E-state index in [-0.39, 0.29) is 5.69 Å². The Morgan fingerprint density at radius 2 is 2.29 bits per heavy atom. The van der Waals surface area contributed by atoms with Crippen LogP contribution in [0, 0.1) is 18.3 Å². The monoisotopic (exact) mass is 299 g/mol. The van der Waals surface area contributed by atoms with Crippen LogP contribution in [0.15, 0.2) is 6.07 Å². The molecule has 0 spiro atoms. The zero-order valence-electron chi connectivity index (χ0n) is 11.1. The van der Waals surface area contributed by atoms with Gasteiger partial charge in [0.05, 0.1) is 5.56 Å². The fourth-order valence-electron chi connectivity index (χ4n) is 2.10. The van der Waals surface area contributed by atoms with E-state index >= 15 is 0 Å². The van der Waals surface area contributed by atoms with Crippen molar-refractivity contribution in [2.24, 2.45) is 0 Å². The number of alkyl halides is 3. The predicted octanol–water partition coefficient (Wildman–Crippen LogP) is 1.94. The van der Waals surface area contributed by atoms with Crippen molar-refractivity contribution < 1.29 is 22.7 Å². The van der Waals surface area contributed by atoms with Gasteiger partial charge in [-0.25, -0.2) is 9.78 Å². The van der Waals surface area contributed by atoms with Crippen molar-refractivity contribution in [3.05, 3.63) is 22.9 Å². The SMILES string of the molecule is Cc1cc(C(F)(F)F)c(C#N)c(OC(=O)[C@@H]2CCCN2)n1. The molecule has 0 amide bonds. The number of hydrogen-bond acceptors (Lipinski definition) is 5. The summed E-state index contributed by atoms with van der Waals surface area (Å²) in [5.41, 5.74) is -1.91. The van der Waals surface area contributed by atoms with Crippen LogP contribution in [0.1, 0.15) is 29.7 Å². The van der Waals surface area contributed by atoms with Crippen LogP contribution in [0.25, 0.3) is 0 Å². The Labute approximate surface area is 118 Å². The third-order valence-electron chi connectivity index (χ3n) is 3.07. The highest BCUT2D eigenvalue weighted by atomic mass is 19.4. The van der Waals surface area contributed by atoms with Crippen LogP contribution in [0.4, 0.5) is 13.2 Å². The molecule has 8 heteroatoms. The minimum absolute atomic E-state index is 0.0171. The number of aryl methyl sites for hydroxylation is 1. The maximum absolute atomic E-state index is 12.9. The quantitative estimate of drug-likeness (QED) is 0.845. The summed E-state index contributed by atoms with van der Waals surface area (Å²) in [7, 11) is 0. The highest BCUT2D eigenvalue weighted by Crippen LogP contribution is 2.35. The molecule has 2 rings (SSSR count). The number of hydrogen-bond donors (Lipinski definition) is 1. The van der Waals surface area contributed by atoms with E-state index in [0.717, 1.165) is 12.5 Å². The first-order valence-corrected chi connectivity index (χ1v) is 6.27. The van der Waals surface area contributed by atoms with Gasteiger partial charge in [-0.3, -0.25) is 0 Å².